The number of carbonyl (C=O) groups excluding carboxylic acids is 2. The zero-order chi connectivity index (χ0) is 15.2. The van der Waals surface area contributed by atoms with Crippen molar-refractivity contribution < 1.29 is 19.5 Å². The lowest BCUT2D eigenvalue weighted by Gasteiger charge is -2.29. The second-order valence-corrected chi connectivity index (χ2v) is 5.94. The molecule has 6 heteroatoms. The molecule has 0 atom stereocenters. The van der Waals surface area contributed by atoms with Gasteiger partial charge in [0.25, 0.3) is 0 Å². The zero-order valence-electron chi connectivity index (χ0n) is 12.2. The first kappa shape index (κ1) is 16.5. The summed E-state index contributed by atoms with van der Waals surface area (Å²) in [5, 5.41) is 13.3. The summed E-state index contributed by atoms with van der Waals surface area (Å²) >= 11 is 0. The second kappa shape index (κ2) is 7.26. The summed E-state index contributed by atoms with van der Waals surface area (Å²) in [5.41, 5.74) is -0.346. The van der Waals surface area contributed by atoms with Crippen molar-refractivity contribution in [2.75, 3.05) is 13.1 Å². The molecule has 0 saturated heterocycles. The van der Waals surface area contributed by atoms with E-state index in [1.807, 2.05) is 0 Å². The van der Waals surface area contributed by atoms with E-state index in [4.69, 9.17) is 5.11 Å². The average Bonchev–Trinajstić information content (AvgIpc) is 2.82. The molecule has 1 saturated carbocycles. The smallest absolute Gasteiger partial charge is 0.322 e. The van der Waals surface area contributed by atoms with Gasteiger partial charge in [0, 0.05) is 5.41 Å². The Labute approximate surface area is 119 Å². The highest BCUT2D eigenvalue weighted by atomic mass is 16.4. The molecule has 0 aromatic rings. The van der Waals surface area contributed by atoms with Crippen LogP contribution in [-0.2, 0) is 14.4 Å². The first-order valence-corrected chi connectivity index (χ1v) is 7.12. The number of amides is 2. The SMILES string of the molecule is CC(C)CC1(C(=O)NCC(=O)NCC(=O)O)CCCC1. The van der Waals surface area contributed by atoms with Gasteiger partial charge in [-0.1, -0.05) is 26.7 Å². The molecule has 1 fully saturated rings. The third-order valence-corrected chi connectivity index (χ3v) is 3.69. The summed E-state index contributed by atoms with van der Waals surface area (Å²) in [6.07, 6.45) is 4.66. The molecular weight excluding hydrogens is 260 g/mol. The molecule has 0 unspecified atom stereocenters. The Kier molecular flexibility index (Phi) is 5.98. The lowest BCUT2D eigenvalue weighted by molar-refractivity contribution is -0.138. The van der Waals surface area contributed by atoms with Crippen molar-refractivity contribution in [2.45, 2.75) is 46.0 Å². The zero-order valence-corrected chi connectivity index (χ0v) is 12.2. The van der Waals surface area contributed by atoms with Crippen molar-refractivity contribution in [3.05, 3.63) is 0 Å². The van der Waals surface area contributed by atoms with E-state index in [0.717, 1.165) is 32.1 Å². The molecular formula is C14H24N2O4. The van der Waals surface area contributed by atoms with Crippen LogP contribution in [0.3, 0.4) is 0 Å². The van der Waals surface area contributed by atoms with Crippen LogP contribution in [0, 0.1) is 11.3 Å². The van der Waals surface area contributed by atoms with E-state index in [9.17, 15) is 14.4 Å². The summed E-state index contributed by atoms with van der Waals surface area (Å²) in [7, 11) is 0. The van der Waals surface area contributed by atoms with Crippen LogP contribution in [0.15, 0.2) is 0 Å². The fourth-order valence-electron chi connectivity index (χ4n) is 2.94. The second-order valence-electron chi connectivity index (χ2n) is 5.94. The lowest BCUT2D eigenvalue weighted by Crippen LogP contribution is -2.45. The number of carboxylic acid groups (broad SMARTS) is 1. The Morgan fingerprint density at radius 2 is 1.70 bits per heavy atom. The van der Waals surface area contributed by atoms with Crippen LogP contribution in [0.1, 0.15) is 46.0 Å². The Hall–Kier alpha value is -1.59. The first-order chi connectivity index (χ1) is 9.35. The number of carbonyl (C=O) groups is 3. The monoisotopic (exact) mass is 284 g/mol. The predicted octanol–water partition coefficient (Wildman–Crippen LogP) is 0.910. The van der Waals surface area contributed by atoms with Gasteiger partial charge in [-0.15, -0.1) is 0 Å². The van der Waals surface area contributed by atoms with Crippen molar-refractivity contribution in [3.8, 4) is 0 Å². The van der Waals surface area contributed by atoms with E-state index in [0.29, 0.717) is 5.92 Å². The number of nitrogens with one attached hydrogen (secondary N) is 2. The molecule has 1 rings (SSSR count). The molecule has 1 aliphatic carbocycles. The number of aliphatic carboxylic acids is 1. The molecule has 0 aliphatic heterocycles. The molecule has 0 bridgehead atoms. The molecule has 1 aliphatic rings. The largest absolute Gasteiger partial charge is 0.480 e. The van der Waals surface area contributed by atoms with Gasteiger partial charge in [0.05, 0.1) is 6.54 Å². The normalized spacial score (nSPS) is 16.9. The van der Waals surface area contributed by atoms with Crippen LogP contribution in [0.25, 0.3) is 0 Å². The maximum Gasteiger partial charge on any atom is 0.322 e. The minimum Gasteiger partial charge on any atom is -0.480 e. The quantitative estimate of drug-likeness (QED) is 0.647. The van der Waals surface area contributed by atoms with Gasteiger partial charge in [-0.3, -0.25) is 14.4 Å². The maximum absolute atomic E-state index is 12.3. The maximum atomic E-state index is 12.3. The van der Waals surface area contributed by atoms with Gasteiger partial charge in [0.15, 0.2) is 0 Å². The van der Waals surface area contributed by atoms with Crippen LogP contribution in [-0.4, -0.2) is 36.0 Å². The average molecular weight is 284 g/mol. The van der Waals surface area contributed by atoms with E-state index >= 15 is 0 Å². The summed E-state index contributed by atoms with van der Waals surface area (Å²) in [5.74, 6) is -1.22. The van der Waals surface area contributed by atoms with Gasteiger partial charge in [0.1, 0.15) is 6.54 Å². The summed E-state index contributed by atoms with van der Waals surface area (Å²) < 4.78 is 0. The highest BCUT2D eigenvalue weighted by molar-refractivity contribution is 5.89. The number of hydrogen-bond acceptors (Lipinski definition) is 3. The van der Waals surface area contributed by atoms with Crippen LogP contribution < -0.4 is 10.6 Å². The highest BCUT2D eigenvalue weighted by Gasteiger charge is 2.41. The fourth-order valence-corrected chi connectivity index (χ4v) is 2.94. The summed E-state index contributed by atoms with van der Waals surface area (Å²) in [4.78, 5) is 34.1. The third-order valence-electron chi connectivity index (χ3n) is 3.69. The van der Waals surface area contributed by atoms with Gasteiger partial charge in [-0.2, -0.15) is 0 Å². The van der Waals surface area contributed by atoms with Crippen LogP contribution in [0.5, 0.6) is 0 Å². The lowest BCUT2D eigenvalue weighted by atomic mass is 9.77. The molecule has 114 valence electrons. The molecule has 3 N–H and O–H groups in total. The van der Waals surface area contributed by atoms with Crippen LogP contribution in [0.4, 0.5) is 0 Å². The molecule has 0 radical (unpaired) electrons. The molecule has 0 aromatic carbocycles. The van der Waals surface area contributed by atoms with E-state index in [1.165, 1.54) is 0 Å². The van der Waals surface area contributed by atoms with E-state index in [1.54, 1.807) is 0 Å². The Balaban J connectivity index is 2.47. The van der Waals surface area contributed by atoms with Crippen molar-refractivity contribution in [1.82, 2.24) is 10.6 Å². The predicted molar refractivity (Wildman–Crippen MR) is 74.0 cm³/mol. The summed E-state index contributed by atoms with van der Waals surface area (Å²) in [6.45, 7) is 3.59. The van der Waals surface area contributed by atoms with Gasteiger partial charge in [-0.05, 0) is 25.2 Å². The van der Waals surface area contributed by atoms with Gasteiger partial charge < -0.3 is 15.7 Å². The molecule has 20 heavy (non-hydrogen) atoms. The topological polar surface area (TPSA) is 95.5 Å². The van der Waals surface area contributed by atoms with Gasteiger partial charge in [-0.25, -0.2) is 0 Å². The highest BCUT2D eigenvalue weighted by Crippen LogP contribution is 2.43. The number of hydrogen-bond donors (Lipinski definition) is 3. The molecule has 0 aromatic heterocycles. The van der Waals surface area contributed by atoms with Crippen molar-refractivity contribution in [2.24, 2.45) is 11.3 Å². The van der Waals surface area contributed by atoms with Crippen molar-refractivity contribution >= 4 is 17.8 Å². The number of carboxylic acids is 1. The molecule has 0 heterocycles. The van der Waals surface area contributed by atoms with E-state index < -0.39 is 18.4 Å². The standard InChI is InChI=1S/C14H24N2O4/c1-10(2)7-14(5-3-4-6-14)13(20)16-8-11(17)15-9-12(18)19/h10H,3-9H2,1-2H3,(H,15,17)(H,16,20)(H,18,19). The van der Waals surface area contributed by atoms with Crippen LogP contribution in [0.2, 0.25) is 0 Å². The Bertz CT molecular complexity index is 373. The minimum absolute atomic E-state index is 0.0748. The molecule has 6 nitrogen and oxygen atoms in total. The Morgan fingerprint density at radius 1 is 1.10 bits per heavy atom. The molecule has 2 amide bonds. The van der Waals surface area contributed by atoms with Gasteiger partial charge in [0.2, 0.25) is 11.8 Å². The summed E-state index contributed by atoms with van der Waals surface area (Å²) in [6, 6.07) is 0. The minimum atomic E-state index is -1.10. The fraction of sp³-hybridized carbons (Fsp3) is 0.786. The van der Waals surface area contributed by atoms with E-state index in [-0.39, 0.29) is 17.9 Å². The Morgan fingerprint density at radius 3 is 2.20 bits per heavy atom. The first-order valence-electron chi connectivity index (χ1n) is 7.12. The van der Waals surface area contributed by atoms with Crippen molar-refractivity contribution in [3.63, 3.8) is 0 Å². The van der Waals surface area contributed by atoms with E-state index in [2.05, 4.69) is 24.5 Å². The van der Waals surface area contributed by atoms with Crippen molar-refractivity contribution in [1.29, 1.82) is 0 Å². The van der Waals surface area contributed by atoms with Gasteiger partial charge >= 0.3 is 5.97 Å². The van der Waals surface area contributed by atoms with Crippen LogP contribution >= 0.6 is 0 Å². The molecule has 0 spiro atoms. The third kappa shape index (κ3) is 4.83. The number of rotatable bonds is 7.